The Labute approximate surface area is 117 Å². The van der Waals surface area contributed by atoms with E-state index in [2.05, 4.69) is 11.9 Å². The summed E-state index contributed by atoms with van der Waals surface area (Å²) in [5, 5.41) is 0. The molecule has 1 saturated heterocycles. The number of ether oxygens (including phenoxy) is 1. The first kappa shape index (κ1) is 15.0. The Morgan fingerprint density at radius 2 is 1.79 bits per heavy atom. The lowest BCUT2D eigenvalue weighted by Gasteiger charge is -2.30. The van der Waals surface area contributed by atoms with E-state index < -0.39 is 0 Å². The van der Waals surface area contributed by atoms with E-state index in [0.717, 1.165) is 44.8 Å². The third-order valence-corrected chi connectivity index (χ3v) is 4.85. The molecular formula is C16H29NO2. The van der Waals surface area contributed by atoms with Gasteiger partial charge in [-0.2, -0.15) is 0 Å². The third kappa shape index (κ3) is 5.23. The summed E-state index contributed by atoms with van der Waals surface area (Å²) in [7, 11) is 2.23. The third-order valence-electron chi connectivity index (χ3n) is 4.85. The van der Waals surface area contributed by atoms with E-state index in [4.69, 9.17) is 4.74 Å². The standard InChI is InChI=1S/C16H29NO2/c1-17(15-5-7-16(18)8-6-15)11-3-2-4-14-9-12-19-13-10-14/h14-15H,2-13H2,1H3. The quantitative estimate of drug-likeness (QED) is 0.693. The van der Waals surface area contributed by atoms with Gasteiger partial charge in [-0.1, -0.05) is 12.8 Å². The second-order valence-electron chi connectivity index (χ2n) is 6.30. The zero-order valence-corrected chi connectivity index (χ0v) is 12.4. The van der Waals surface area contributed by atoms with Crippen LogP contribution in [0.15, 0.2) is 0 Å². The predicted octanol–water partition coefficient (Wildman–Crippen LogP) is 3.03. The second kappa shape index (κ2) is 8.01. The lowest BCUT2D eigenvalue weighted by atomic mass is 9.92. The molecule has 1 aliphatic heterocycles. The molecule has 19 heavy (non-hydrogen) atoms. The van der Waals surface area contributed by atoms with Gasteiger partial charge >= 0.3 is 0 Å². The highest BCUT2D eigenvalue weighted by Gasteiger charge is 2.21. The Kier molecular flexibility index (Phi) is 6.32. The van der Waals surface area contributed by atoms with Crippen LogP contribution in [0.4, 0.5) is 0 Å². The van der Waals surface area contributed by atoms with Crippen LogP contribution < -0.4 is 0 Å². The summed E-state index contributed by atoms with van der Waals surface area (Å²) in [6.45, 7) is 3.14. The SMILES string of the molecule is CN(CCCCC1CCOCC1)C1CCC(=O)CC1. The van der Waals surface area contributed by atoms with Gasteiger partial charge in [-0.25, -0.2) is 0 Å². The maximum atomic E-state index is 11.2. The summed E-state index contributed by atoms with van der Waals surface area (Å²) in [6.07, 6.45) is 10.3. The summed E-state index contributed by atoms with van der Waals surface area (Å²) in [4.78, 5) is 13.7. The lowest BCUT2D eigenvalue weighted by molar-refractivity contribution is -0.121. The van der Waals surface area contributed by atoms with Crippen molar-refractivity contribution >= 4 is 5.78 Å². The van der Waals surface area contributed by atoms with Gasteiger partial charge in [-0.3, -0.25) is 4.79 Å². The Morgan fingerprint density at radius 1 is 1.11 bits per heavy atom. The number of carbonyl (C=O) groups excluding carboxylic acids is 1. The van der Waals surface area contributed by atoms with Crippen molar-refractivity contribution in [3.63, 3.8) is 0 Å². The molecule has 1 aliphatic carbocycles. The Hall–Kier alpha value is -0.410. The van der Waals surface area contributed by atoms with Crippen molar-refractivity contribution < 1.29 is 9.53 Å². The zero-order valence-electron chi connectivity index (χ0n) is 12.4. The van der Waals surface area contributed by atoms with Crippen LogP contribution in [0.2, 0.25) is 0 Å². The molecule has 0 atom stereocenters. The fourth-order valence-electron chi connectivity index (χ4n) is 3.38. The monoisotopic (exact) mass is 267 g/mol. The van der Waals surface area contributed by atoms with Crippen molar-refractivity contribution in [2.75, 3.05) is 26.8 Å². The Balaban J connectivity index is 1.53. The molecule has 0 N–H and O–H groups in total. The van der Waals surface area contributed by atoms with Crippen LogP contribution in [-0.4, -0.2) is 43.5 Å². The van der Waals surface area contributed by atoms with Gasteiger partial charge in [0.2, 0.25) is 0 Å². The fraction of sp³-hybridized carbons (Fsp3) is 0.938. The lowest BCUT2D eigenvalue weighted by Crippen LogP contribution is -2.35. The summed E-state index contributed by atoms with van der Waals surface area (Å²) in [5.41, 5.74) is 0. The van der Waals surface area contributed by atoms with Gasteiger partial charge in [0, 0.05) is 32.1 Å². The summed E-state index contributed by atoms with van der Waals surface area (Å²) in [5.74, 6) is 1.37. The van der Waals surface area contributed by atoms with Crippen molar-refractivity contribution in [3.05, 3.63) is 0 Å². The molecular weight excluding hydrogens is 238 g/mol. The van der Waals surface area contributed by atoms with Gasteiger partial charge < -0.3 is 9.64 Å². The van der Waals surface area contributed by atoms with Crippen molar-refractivity contribution in [2.24, 2.45) is 5.92 Å². The number of carbonyl (C=O) groups is 1. The first-order valence-corrected chi connectivity index (χ1v) is 8.05. The van der Waals surface area contributed by atoms with E-state index in [1.54, 1.807) is 0 Å². The molecule has 0 radical (unpaired) electrons. The highest BCUT2D eigenvalue weighted by Crippen LogP contribution is 2.22. The van der Waals surface area contributed by atoms with Crippen molar-refractivity contribution in [1.29, 1.82) is 0 Å². The largest absolute Gasteiger partial charge is 0.381 e. The molecule has 0 spiro atoms. The minimum atomic E-state index is 0.462. The number of nitrogens with zero attached hydrogens (tertiary/aromatic N) is 1. The van der Waals surface area contributed by atoms with E-state index in [0.29, 0.717) is 11.8 Å². The van der Waals surface area contributed by atoms with Gasteiger partial charge in [0.25, 0.3) is 0 Å². The van der Waals surface area contributed by atoms with Crippen LogP contribution in [0, 0.1) is 5.92 Å². The topological polar surface area (TPSA) is 29.5 Å². The van der Waals surface area contributed by atoms with Crippen LogP contribution in [0.3, 0.4) is 0 Å². The minimum absolute atomic E-state index is 0.462. The zero-order chi connectivity index (χ0) is 13.5. The van der Waals surface area contributed by atoms with Crippen LogP contribution in [0.25, 0.3) is 0 Å². The molecule has 110 valence electrons. The number of ketones is 1. The number of hydrogen-bond acceptors (Lipinski definition) is 3. The van der Waals surface area contributed by atoms with Gasteiger partial charge in [-0.05, 0) is 51.6 Å². The van der Waals surface area contributed by atoms with Crippen molar-refractivity contribution in [3.8, 4) is 0 Å². The average Bonchev–Trinajstić information content (AvgIpc) is 2.45. The molecule has 1 saturated carbocycles. The molecule has 0 aromatic heterocycles. The van der Waals surface area contributed by atoms with E-state index >= 15 is 0 Å². The fourth-order valence-corrected chi connectivity index (χ4v) is 3.38. The number of Topliss-reactive ketones (excluding diaryl/α,β-unsaturated/α-hetero) is 1. The second-order valence-corrected chi connectivity index (χ2v) is 6.30. The molecule has 0 amide bonds. The van der Waals surface area contributed by atoms with Crippen molar-refractivity contribution in [1.82, 2.24) is 4.90 Å². The predicted molar refractivity (Wildman–Crippen MR) is 77.3 cm³/mol. The highest BCUT2D eigenvalue weighted by molar-refractivity contribution is 5.79. The number of rotatable bonds is 6. The molecule has 3 heteroatoms. The Morgan fingerprint density at radius 3 is 2.47 bits per heavy atom. The Bertz CT molecular complexity index is 264. The molecule has 3 nitrogen and oxygen atoms in total. The number of hydrogen-bond donors (Lipinski definition) is 0. The van der Waals surface area contributed by atoms with Gasteiger partial charge in [0.15, 0.2) is 0 Å². The van der Waals surface area contributed by atoms with Crippen LogP contribution in [0.1, 0.15) is 57.8 Å². The normalized spacial score (nSPS) is 23.2. The molecule has 0 bridgehead atoms. The molecule has 0 aromatic rings. The van der Waals surface area contributed by atoms with E-state index in [1.807, 2.05) is 0 Å². The molecule has 1 heterocycles. The van der Waals surface area contributed by atoms with E-state index in [9.17, 15) is 4.79 Å². The first-order chi connectivity index (χ1) is 9.25. The molecule has 0 unspecified atom stereocenters. The number of unbranched alkanes of at least 4 members (excludes halogenated alkanes) is 1. The first-order valence-electron chi connectivity index (χ1n) is 8.05. The minimum Gasteiger partial charge on any atom is -0.381 e. The van der Waals surface area contributed by atoms with Gasteiger partial charge in [0.05, 0.1) is 0 Å². The summed E-state index contributed by atoms with van der Waals surface area (Å²) in [6, 6.07) is 0.654. The maximum Gasteiger partial charge on any atom is 0.133 e. The average molecular weight is 267 g/mol. The van der Waals surface area contributed by atoms with Crippen LogP contribution >= 0.6 is 0 Å². The van der Waals surface area contributed by atoms with Crippen LogP contribution in [0.5, 0.6) is 0 Å². The van der Waals surface area contributed by atoms with Crippen molar-refractivity contribution in [2.45, 2.75) is 63.8 Å². The smallest absolute Gasteiger partial charge is 0.133 e. The molecule has 0 aromatic carbocycles. The molecule has 2 aliphatic rings. The summed E-state index contributed by atoms with van der Waals surface area (Å²) >= 11 is 0. The van der Waals surface area contributed by atoms with E-state index in [1.165, 1.54) is 38.6 Å². The van der Waals surface area contributed by atoms with Gasteiger partial charge in [-0.15, -0.1) is 0 Å². The highest BCUT2D eigenvalue weighted by atomic mass is 16.5. The molecule has 2 rings (SSSR count). The van der Waals surface area contributed by atoms with Gasteiger partial charge in [0.1, 0.15) is 5.78 Å². The summed E-state index contributed by atoms with van der Waals surface area (Å²) < 4.78 is 5.40. The maximum absolute atomic E-state index is 11.2. The van der Waals surface area contributed by atoms with Crippen LogP contribution in [-0.2, 0) is 9.53 Å². The van der Waals surface area contributed by atoms with E-state index in [-0.39, 0.29) is 0 Å². The molecule has 2 fully saturated rings.